The summed E-state index contributed by atoms with van der Waals surface area (Å²) >= 11 is 13.5. The third-order valence-corrected chi connectivity index (χ3v) is 4.10. The minimum Gasteiger partial charge on any atom is -0.478 e. The van der Waals surface area contributed by atoms with Gasteiger partial charge in [-0.1, -0.05) is 23.2 Å². The molecule has 0 spiro atoms. The number of carboxylic acid groups (broad SMARTS) is 1. The molecule has 0 atom stereocenters. The molecule has 2 aromatic rings. The van der Waals surface area contributed by atoms with E-state index < -0.39 is 5.97 Å². The van der Waals surface area contributed by atoms with Crippen LogP contribution >= 0.6 is 35.0 Å². The second kappa shape index (κ2) is 6.43. The zero-order valence-corrected chi connectivity index (χ0v) is 12.8. The number of carbonyl (C=O) groups is 1. The molecule has 0 aromatic carbocycles. The Hall–Kier alpha value is -1.30. The van der Waals surface area contributed by atoms with Crippen molar-refractivity contribution in [2.45, 2.75) is 17.7 Å². The molecule has 0 aliphatic rings. The highest BCUT2D eigenvalue weighted by Gasteiger charge is 2.10. The number of hydrogen-bond acceptors (Lipinski definition) is 4. The molecule has 4 nitrogen and oxygen atoms in total. The lowest BCUT2D eigenvalue weighted by Gasteiger charge is -2.07. The Kier molecular flexibility index (Phi) is 4.86. The SMILES string of the molecule is Cc1cc(Cl)c(CSc2cc(C(=O)O)ccn2)c(Cl)n1. The first-order chi connectivity index (χ1) is 9.47. The molecule has 1 N–H and O–H groups in total. The molecular weight excluding hydrogens is 319 g/mol. The van der Waals surface area contributed by atoms with Gasteiger partial charge in [-0.2, -0.15) is 0 Å². The molecule has 0 radical (unpaired) electrons. The highest BCUT2D eigenvalue weighted by molar-refractivity contribution is 7.98. The molecule has 0 amide bonds. The quantitative estimate of drug-likeness (QED) is 0.676. The van der Waals surface area contributed by atoms with E-state index in [2.05, 4.69) is 9.97 Å². The number of aryl methyl sites for hydroxylation is 1. The van der Waals surface area contributed by atoms with Crippen LogP contribution < -0.4 is 0 Å². The number of nitrogens with zero attached hydrogens (tertiary/aromatic N) is 2. The van der Waals surface area contributed by atoms with Gasteiger partial charge in [0.2, 0.25) is 0 Å². The monoisotopic (exact) mass is 328 g/mol. The number of halogens is 2. The molecule has 7 heteroatoms. The standard InChI is InChI=1S/C13H10Cl2N2O2S/c1-7-4-10(14)9(12(15)17-7)6-20-11-5-8(13(18)19)2-3-16-11/h2-5H,6H2,1H3,(H,18,19). The first kappa shape index (κ1) is 15.1. The van der Waals surface area contributed by atoms with E-state index in [1.54, 1.807) is 6.07 Å². The lowest BCUT2D eigenvalue weighted by Crippen LogP contribution is -1.97. The van der Waals surface area contributed by atoms with Crippen molar-refractivity contribution in [3.05, 3.63) is 51.4 Å². The van der Waals surface area contributed by atoms with E-state index in [4.69, 9.17) is 28.3 Å². The van der Waals surface area contributed by atoms with Crippen LogP contribution in [-0.4, -0.2) is 21.0 Å². The third kappa shape index (κ3) is 3.62. The van der Waals surface area contributed by atoms with E-state index in [-0.39, 0.29) is 5.56 Å². The topological polar surface area (TPSA) is 63.1 Å². The highest BCUT2D eigenvalue weighted by atomic mass is 35.5. The molecule has 2 rings (SSSR count). The van der Waals surface area contributed by atoms with Crippen LogP contribution in [0.4, 0.5) is 0 Å². The van der Waals surface area contributed by atoms with Crippen LogP contribution in [0.1, 0.15) is 21.6 Å². The van der Waals surface area contributed by atoms with Crippen molar-refractivity contribution in [2.75, 3.05) is 0 Å². The number of pyridine rings is 2. The Labute approximate surface area is 130 Å². The van der Waals surface area contributed by atoms with E-state index in [1.807, 2.05) is 6.92 Å². The van der Waals surface area contributed by atoms with E-state index >= 15 is 0 Å². The Morgan fingerprint density at radius 3 is 2.80 bits per heavy atom. The Bertz CT molecular complexity index is 642. The first-order valence-electron chi connectivity index (χ1n) is 5.61. The molecule has 0 bridgehead atoms. The van der Waals surface area contributed by atoms with Gasteiger partial charge in [-0.05, 0) is 25.1 Å². The molecule has 0 aliphatic heterocycles. The van der Waals surface area contributed by atoms with Gasteiger partial charge in [0.15, 0.2) is 0 Å². The van der Waals surface area contributed by atoms with E-state index in [0.717, 1.165) is 5.69 Å². The molecule has 20 heavy (non-hydrogen) atoms. The third-order valence-electron chi connectivity index (χ3n) is 2.49. The van der Waals surface area contributed by atoms with Gasteiger partial charge in [0.05, 0.1) is 10.6 Å². The van der Waals surface area contributed by atoms with Crippen molar-refractivity contribution in [1.29, 1.82) is 0 Å². The summed E-state index contributed by atoms with van der Waals surface area (Å²) in [5, 5.41) is 10.4. The summed E-state index contributed by atoms with van der Waals surface area (Å²) in [5.74, 6) is -0.511. The summed E-state index contributed by atoms with van der Waals surface area (Å²) in [5.41, 5.74) is 1.66. The summed E-state index contributed by atoms with van der Waals surface area (Å²) in [6, 6.07) is 4.70. The summed E-state index contributed by atoms with van der Waals surface area (Å²) < 4.78 is 0. The maximum atomic E-state index is 10.9. The average molecular weight is 329 g/mol. The number of thioether (sulfide) groups is 1. The maximum absolute atomic E-state index is 10.9. The number of hydrogen-bond donors (Lipinski definition) is 1. The van der Waals surface area contributed by atoms with E-state index in [1.165, 1.54) is 30.1 Å². The van der Waals surface area contributed by atoms with Crippen molar-refractivity contribution >= 4 is 40.9 Å². The smallest absolute Gasteiger partial charge is 0.335 e. The lowest BCUT2D eigenvalue weighted by molar-refractivity contribution is 0.0696. The van der Waals surface area contributed by atoms with Crippen molar-refractivity contribution in [2.24, 2.45) is 0 Å². The zero-order valence-electron chi connectivity index (χ0n) is 10.4. The van der Waals surface area contributed by atoms with Gasteiger partial charge >= 0.3 is 5.97 Å². The second-order valence-corrected chi connectivity index (χ2v) is 5.75. The fourth-order valence-corrected chi connectivity index (χ4v) is 3.27. The van der Waals surface area contributed by atoms with Gasteiger partial charge < -0.3 is 5.11 Å². The lowest BCUT2D eigenvalue weighted by atomic mass is 10.3. The normalized spacial score (nSPS) is 10.6. The Morgan fingerprint density at radius 1 is 1.40 bits per heavy atom. The Morgan fingerprint density at radius 2 is 2.15 bits per heavy atom. The summed E-state index contributed by atoms with van der Waals surface area (Å²) in [6.45, 7) is 1.81. The number of rotatable bonds is 4. The molecule has 2 aromatic heterocycles. The average Bonchev–Trinajstić information content (AvgIpc) is 2.37. The molecule has 0 saturated heterocycles. The van der Waals surface area contributed by atoms with E-state index in [9.17, 15) is 4.79 Å². The fraction of sp³-hybridized carbons (Fsp3) is 0.154. The minimum atomic E-state index is -0.984. The molecule has 2 heterocycles. The van der Waals surface area contributed by atoms with Gasteiger partial charge in [-0.25, -0.2) is 14.8 Å². The molecule has 0 aliphatic carbocycles. The number of carboxylic acids is 1. The highest BCUT2D eigenvalue weighted by Crippen LogP contribution is 2.30. The molecule has 104 valence electrons. The molecular formula is C13H10Cl2N2O2S. The van der Waals surface area contributed by atoms with Crippen molar-refractivity contribution in [3.8, 4) is 0 Å². The molecule has 0 unspecified atom stereocenters. The van der Waals surface area contributed by atoms with Gasteiger partial charge in [0, 0.05) is 28.2 Å². The van der Waals surface area contributed by atoms with E-state index in [0.29, 0.717) is 26.5 Å². The second-order valence-electron chi connectivity index (χ2n) is 3.99. The Balaban J connectivity index is 2.17. The largest absolute Gasteiger partial charge is 0.478 e. The van der Waals surface area contributed by atoms with Crippen LogP contribution in [0.25, 0.3) is 0 Å². The van der Waals surface area contributed by atoms with Crippen molar-refractivity contribution in [3.63, 3.8) is 0 Å². The number of aromatic nitrogens is 2. The molecule has 0 fully saturated rings. The van der Waals surface area contributed by atoms with Gasteiger partial charge in [0.25, 0.3) is 0 Å². The van der Waals surface area contributed by atoms with Crippen molar-refractivity contribution in [1.82, 2.24) is 9.97 Å². The van der Waals surface area contributed by atoms with Gasteiger partial charge in [0.1, 0.15) is 5.15 Å². The predicted octanol–water partition coefficient (Wildman–Crippen LogP) is 4.08. The summed E-state index contributed by atoms with van der Waals surface area (Å²) in [7, 11) is 0. The van der Waals surface area contributed by atoms with Crippen LogP contribution in [0.5, 0.6) is 0 Å². The summed E-state index contributed by atoms with van der Waals surface area (Å²) in [6.07, 6.45) is 1.46. The first-order valence-corrected chi connectivity index (χ1v) is 7.35. The maximum Gasteiger partial charge on any atom is 0.335 e. The summed E-state index contributed by atoms with van der Waals surface area (Å²) in [4.78, 5) is 19.1. The van der Waals surface area contributed by atoms with Crippen molar-refractivity contribution < 1.29 is 9.90 Å². The minimum absolute atomic E-state index is 0.196. The van der Waals surface area contributed by atoms with Crippen LogP contribution in [0.15, 0.2) is 29.4 Å². The van der Waals surface area contributed by atoms with Crippen LogP contribution in [-0.2, 0) is 5.75 Å². The van der Waals surface area contributed by atoms with Gasteiger partial charge in [-0.15, -0.1) is 11.8 Å². The van der Waals surface area contributed by atoms with Crippen LogP contribution in [0.2, 0.25) is 10.2 Å². The van der Waals surface area contributed by atoms with Crippen LogP contribution in [0, 0.1) is 6.92 Å². The van der Waals surface area contributed by atoms with Crippen LogP contribution in [0.3, 0.4) is 0 Å². The predicted molar refractivity (Wildman–Crippen MR) is 79.8 cm³/mol. The molecule has 0 saturated carbocycles. The fourth-order valence-electron chi connectivity index (χ4n) is 1.52. The number of aromatic carboxylic acids is 1. The zero-order chi connectivity index (χ0) is 14.7. The van der Waals surface area contributed by atoms with Gasteiger partial charge in [-0.3, -0.25) is 0 Å².